The van der Waals surface area contributed by atoms with Crippen LogP contribution in [-0.2, 0) is 16.1 Å². The molecule has 0 aliphatic heterocycles. The maximum absolute atomic E-state index is 12.7. The van der Waals surface area contributed by atoms with E-state index in [1.807, 2.05) is 13.8 Å². The Morgan fingerprint density at radius 3 is 2.23 bits per heavy atom. The molecular formula is C28H31ClF3N7O4. The number of anilines is 3. The molecule has 0 saturated carbocycles. The number of pyridine rings is 1. The highest BCUT2D eigenvalue weighted by Gasteiger charge is 2.29. The lowest BCUT2D eigenvalue weighted by Crippen LogP contribution is -2.43. The summed E-state index contributed by atoms with van der Waals surface area (Å²) >= 11 is 5.91. The van der Waals surface area contributed by atoms with Gasteiger partial charge in [0.25, 0.3) is 11.8 Å². The van der Waals surface area contributed by atoms with Gasteiger partial charge in [0.15, 0.2) is 6.61 Å². The van der Waals surface area contributed by atoms with Crippen molar-refractivity contribution in [2.75, 3.05) is 30.3 Å². The summed E-state index contributed by atoms with van der Waals surface area (Å²) in [4.78, 5) is 48.0. The lowest BCUT2D eigenvalue weighted by Gasteiger charge is -2.25. The third-order valence-corrected chi connectivity index (χ3v) is 6.02. The number of nitrogens with one attached hydrogen (secondary N) is 4. The molecule has 0 radical (unpaired) electrons. The summed E-state index contributed by atoms with van der Waals surface area (Å²) in [6, 6.07) is 10.9. The molecule has 11 nitrogen and oxygen atoms in total. The highest BCUT2D eigenvalue weighted by molar-refractivity contribution is 6.36. The number of halogens is 4. The molecule has 2 aromatic heterocycles. The number of rotatable bonds is 14. The van der Waals surface area contributed by atoms with Crippen LogP contribution < -0.4 is 26.0 Å². The number of alkyl halides is 3. The Bertz CT molecular complexity index is 1420. The number of hydrogen-bond donors (Lipinski definition) is 4. The number of amides is 2. The van der Waals surface area contributed by atoms with Crippen LogP contribution in [0, 0.1) is 5.41 Å². The number of carbonyl (C=O) groups excluding carboxylic acids is 3. The van der Waals surface area contributed by atoms with Crippen molar-refractivity contribution in [1.82, 2.24) is 25.6 Å². The summed E-state index contributed by atoms with van der Waals surface area (Å²) in [6.45, 7) is 4.36. The minimum atomic E-state index is -4.58. The topological polar surface area (TPSA) is 147 Å². The van der Waals surface area contributed by atoms with Gasteiger partial charge in [-0.2, -0.15) is 23.1 Å². The summed E-state index contributed by atoms with van der Waals surface area (Å²) in [5.74, 6) is -1.05. The molecule has 0 spiro atoms. The molecule has 0 fully saturated rings. The minimum Gasteiger partial charge on any atom is -0.454 e. The molecule has 0 unspecified atom stereocenters. The number of nitrogens with zero attached hydrogens (tertiary/aromatic N) is 3. The van der Waals surface area contributed by atoms with Crippen LogP contribution in [0.1, 0.15) is 43.1 Å². The first-order chi connectivity index (χ1) is 20.2. The van der Waals surface area contributed by atoms with Crippen molar-refractivity contribution in [2.24, 2.45) is 5.41 Å². The monoisotopic (exact) mass is 621 g/mol. The van der Waals surface area contributed by atoms with E-state index >= 15 is 0 Å². The van der Waals surface area contributed by atoms with Gasteiger partial charge in [0.1, 0.15) is 17.5 Å². The second-order valence-corrected chi connectivity index (χ2v) is 10.6. The zero-order valence-electron chi connectivity index (χ0n) is 23.6. The van der Waals surface area contributed by atoms with Crippen LogP contribution in [0.3, 0.4) is 0 Å². The van der Waals surface area contributed by atoms with Crippen molar-refractivity contribution < 1.29 is 32.3 Å². The smallest absolute Gasteiger partial charge is 0.422 e. The first-order valence-electron chi connectivity index (χ1n) is 13.1. The number of aromatic nitrogens is 3. The molecule has 2 amide bonds. The third-order valence-electron chi connectivity index (χ3n) is 5.77. The van der Waals surface area contributed by atoms with Crippen molar-refractivity contribution in [1.29, 1.82) is 0 Å². The predicted octanol–water partition coefficient (Wildman–Crippen LogP) is 4.67. The fourth-order valence-electron chi connectivity index (χ4n) is 3.38. The van der Waals surface area contributed by atoms with Crippen LogP contribution in [0.25, 0.3) is 0 Å². The Morgan fingerprint density at radius 1 is 0.930 bits per heavy atom. The Labute approximate surface area is 251 Å². The van der Waals surface area contributed by atoms with Crippen molar-refractivity contribution in [2.45, 2.75) is 39.9 Å². The first kappa shape index (κ1) is 33.0. The maximum Gasteiger partial charge on any atom is 0.422 e. The molecule has 2 heterocycles. The Balaban J connectivity index is 1.64. The van der Waals surface area contributed by atoms with E-state index in [0.29, 0.717) is 11.6 Å². The van der Waals surface area contributed by atoms with Gasteiger partial charge in [0, 0.05) is 43.3 Å². The molecule has 43 heavy (non-hydrogen) atoms. The SMILES string of the molecule is CCC(=O)C(=O)NCC(C)(C)CNC(=O)c1ccc(Nc2cc(NCc3ccc(Cl)cc3)nc(OCC(F)(F)F)n2)nc1. The fourth-order valence-corrected chi connectivity index (χ4v) is 3.51. The molecule has 0 saturated heterocycles. The lowest BCUT2D eigenvalue weighted by atomic mass is 9.93. The average Bonchev–Trinajstić information content (AvgIpc) is 2.97. The zero-order chi connectivity index (χ0) is 31.6. The summed E-state index contributed by atoms with van der Waals surface area (Å²) in [6.07, 6.45) is -3.17. The minimum absolute atomic E-state index is 0.0980. The van der Waals surface area contributed by atoms with Crippen LogP contribution in [0.4, 0.5) is 30.6 Å². The highest BCUT2D eigenvalue weighted by atomic mass is 35.5. The van der Waals surface area contributed by atoms with Crippen molar-refractivity contribution >= 4 is 46.7 Å². The van der Waals surface area contributed by atoms with E-state index < -0.39 is 41.8 Å². The van der Waals surface area contributed by atoms with Gasteiger partial charge in [0.05, 0.1) is 5.56 Å². The van der Waals surface area contributed by atoms with Gasteiger partial charge in [-0.3, -0.25) is 14.4 Å². The van der Waals surface area contributed by atoms with Gasteiger partial charge in [-0.05, 0) is 35.2 Å². The second-order valence-electron chi connectivity index (χ2n) is 10.2. The molecule has 3 aromatic rings. The van der Waals surface area contributed by atoms with E-state index in [0.717, 1.165) is 5.56 Å². The van der Waals surface area contributed by atoms with Crippen LogP contribution in [0.5, 0.6) is 6.01 Å². The number of hydrogen-bond acceptors (Lipinski definition) is 9. The van der Waals surface area contributed by atoms with Gasteiger partial charge in [-0.1, -0.05) is 44.5 Å². The number of ketones is 1. The summed E-state index contributed by atoms with van der Waals surface area (Å²) < 4.78 is 43.0. The molecule has 0 bridgehead atoms. The molecule has 1 aromatic carbocycles. The molecule has 0 aliphatic carbocycles. The summed E-state index contributed by atoms with van der Waals surface area (Å²) in [5, 5.41) is 11.8. The third kappa shape index (κ3) is 11.4. The van der Waals surface area contributed by atoms with Crippen LogP contribution in [-0.4, -0.2) is 58.4 Å². The predicted molar refractivity (Wildman–Crippen MR) is 154 cm³/mol. The lowest BCUT2D eigenvalue weighted by molar-refractivity contribution is -0.154. The van der Waals surface area contributed by atoms with Crippen LogP contribution in [0.2, 0.25) is 5.02 Å². The normalized spacial score (nSPS) is 11.4. The van der Waals surface area contributed by atoms with E-state index in [4.69, 9.17) is 16.3 Å². The fraction of sp³-hybridized carbons (Fsp3) is 0.357. The number of carbonyl (C=O) groups is 3. The van der Waals surface area contributed by atoms with E-state index in [-0.39, 0.29) is 42.5 Å². The van der Waals surface area contributed by atoms with Crippen molar-refractivity contribution in [3.8, 4) is 6.01 Å². The van der Waals surface area contributed by atoms with Crippen LogP contribution in [0.15, 0.2) is 48.7 Å². The highest BCUT2D eigenvalue weighted by Crippen LogP contribution is 2.22. The quantitative estimate of drug-likeness (QED) is 0.189. The molecular weight excluding hydrogens is 591 g/mol. The standard InChI is InChI=1S/C28H31ClF3N7O4/c1-4-20(40)25(42)36-15-27(2,3)14-35-24(41)18-7-10-21(34-13-18)37-23-11-22(33-12-17-5-8-19(29)9-6-17)38-26(39-23)43-16-28(30,31)32/h5-11,13H,4,12,14-16H2,1-3H3,(H,35,41)(H,36,42)(H2,33,34,37,38,39). The number of benzene rings is 1. The summed E-state index contributed by atoms with van der Waals surface area (Å²) in [7, 11) is 0. The number of Topliss-reactive ketones (excluding diaryl/α,β-unsaturated/α-hetero) is 1. The maximum atomic E-state index is 12.7. The average molecular weight is 622 g/mol. The van der Waals surface area contributed by atoms with E-state index in [1.165, 1.54) is 24.4 Å². The number of ether oxygens (including phenoxy) is 1. The van der Waals surface area contributed by atoms with Crippen molar-refractivity contribution in [3.63, 3.8) is 0 Å². The van der Waals surface area contributed by atoms with Crippen LogP contribution >= 0.6 is 11.6 Å². The first-order valence-corrected chi connectivity index (χ1v) is 13.5. The summed E-state index contributed by atoms with van der Waals surface area (Å²) in [5.41, 5.74) is 0.561. The van der Waals surface area contributed by atoms with E-state index in [2.05, 4.69) is 36.2 Å². The molecule has 15 heteroatoms. The van der Waals surface area contributed by atoms with Crippen molar-refractivity contribution in [3.05, 3.63) is 64.8 Å². The van der Waals surface area contributed by atoms with Gasteiger partial charge in [-0.15, -0.1) is 0 Å². The molecule has 230 valence electrons. The molecule has 0 aliphatic rings. The second kappa shape index (κ2) is 14.6. The van der Waals surface area contributed by atoms with Gasteiger partial charge >= 0.3 is 12.2 Å². The molecule has 0 atom stereocenters. The molecule has 3 rings (SSSR count). The Hall–Kier alpha value is -4.46. The Morgan fingerprint density at radius 2 is 1.60 bits per heavy atom. The Kier molecular flexibility index (Phi) is 11.2. The molecule has 4 N–H and O–H groups in total. The van der Waals surface area contributed by atoms with E-state index in [9.17, 15) is 27.6 Å². The van der Waals surface area contributed by atoms with Gasteiger partial charge in [0.2, 0.25) is 5.78 Å². The van der Waals surface area contributed by atoms with E-state index in [1.54, 1.807) is 31.2 Å². The largest absolute Gasteiger partial charge is 0.454 e. The zero-order valence-corrected chi connectivity index (χ0v) is 24.4. The van der Waals surface area contributed by atoms with Gasteiger partial charge < -0.3 is 26.0 Å². The van der Waals surface area contributed by atoms with Gasteiger partial charge in [-0.25, -0.2) is 4.98 Å².